The van der Waals surface area contributed by atoms with E-state index >= 15 is 0 Å². The van der Waals surface area contributed by atoms with Crippen molar-refractivity contribution in [2.45, 2.75) is 32.2 Å². The first-order valence-electron chi connectivity index (χ1n) is 12.7. The number of pyridine rings is 1. The number of hydrogen-bond acceptors (Lipinski definition) is 6. The van der Waals surface area contributed by atoms with E-state index in [2.05, 4.69) is 27.5 Å². The number of fused-ring (bicyclic) bond motifs is 2. The van der Waals surface area contributed by atoms with Gasteiger partial charge in [-0.25, -0.2) is 14.4 Å². The van der Waals surface area contributed by atoms with Gasteiger partial charge in [-0.3, -0.25) is 14.2 Å². The van der Waals surface area contributed by atoms with Crippen LogP contribution >= 0.6 is 0 Å². The average Bonchev–Trinajstić information content (AvgIpc) is 3.58. The van der Waals surface area contributed by atoms with Crippen molar-refractivity contribution in [3.63, 3.8) is 0 Å². The van der Waals surface area contributed by atoms with Gasteiger partial charge in [0.15, 0.2) is 11.5 Å². The molecule has 0 aliphatic carbocycles. The number of hydrogen-bond donors (Lipinski definition) is 3. The summed E-state index contributed by atoms with van der Waals surface area (Å²) in [6.07, 6.45) is 5.16. The van der Waals surface area contributed by atoms with Gasteiger partial charge in [0.25, 0.3) is 5.91 Å². The first-order valence-corrected chi connectivity index (χ1v) is 12.7. The molecule has 1 aliphatic heterocycles. The quantitative estimate of drug-likeness (QED) is 0.322. The lowest BCUT2D eigenvalue weighted by Crippen LogP contribution is -2.49. The molecule has 1 aliphatic rings. The third-order valence-corrected chi connectivity index (χ3v) is 7.51. The van der Waals surface area contributed by atoms with Crippen molar-refractivity contribution in [1.82, 2.24) is 30.0 Å². The summed E-state index contributed by atoms with van der Waals surface area (Å²) < 4.78 is 15.6. The van der Waals surface area contributed by atoms with E-state index in [9.17, 15) is 9.18 Å². The Morgan fingerprint density at radius 3 is 2.68 bits per heavy atom. The van der Waals surface area contributed by atoms with E-state index in [-0.39, 0.29) is 28.8 Å². The van der Waals surface area contributed by atoms with Crippen LogP contribution in [-0.4, -0.2) is 43.9 Å². The minimum absolute atomic E-state index is 0.179. The van der Waals surface area contributed by atoms with Crippen molar-refractivity contribution in [1.29, 1.82) is 0 Å². The zero-order valence-electron chi connectivity index (χ0n) is 21.3. The number of benzene rings is 2. The summed E-state index contributed by atoms with van der Waals surface area (Å²) in [6, 6.07) is 14.1. The van der Waals surface area contributed by atoms with E-state index < -0.39 is 0 Å². The maximum absolute atomic E-state index is 13.8. The molecule has 1 fully saturated rings. The lowest BCUT2D eigenvalue weighted by atomic mass is 9.95. The first kappa shape index (κ1) is 24.0. The zero-order chi connectivity index (χ0) is 26.4. The van der Waals surface area contributed by atoms with Gasteiger partial charge in [-0.1, -0.05) is 13.0 Å². The van der Waals surface area contributed by atoms with Gasteiger partial charge < -0.3 is 16.4 Å². The second-order valence-corrected chi connectivity index (χ2v) is 9.90. The molecule has 6 rings (SSSR count). The molecule has 5 aromatic rings. The SMILES string of the molecule is CCC1(NC(=O)c2cn3c(-c4ccc5nccc(C)c5c4)c(-c4ccc(F)cc4)nc(N)c3n2)CCNC1. The Morgan fingerprint density at radius 2 is 1.95 bits per heavy atom. The fourth-order valence-corrected chi connectivity index (χ4v) is 5.24. The van der Waals surface area contributed by atoms with Crippen molar-refractivity contribution < 1.29 is 9.18 Å². The number of imidazole rings is 1. The summed E-state index contributed by atoms with van der Waals surface area (Å²) in [5.74, 6) is -0.422. The van der Waals surface area contributed by atoms with Gasteiger partial charge in [-0.05, 0) is 74.3 Å². The number of amides is 1. The Hall–Kier alpha value is -4.37. The van der Waals surface area contributed by atoms with Crippen molar-refractivity contribution in [3.05, 3.63) is 78.0 Å². The first-order chi connectivity index (χ1) is 18.4. The molecule has 3 aromatic heterocycles. The highest BCUT2D eigenvalue weighted by molar-refractivity contribution is 5.95. The molecular weight excluding hydrogens is 481 g/mol. The Labute approximate surface area is 219 Å². The number of halogens is 1. The number of nitrogens with zero attached hydrogens (tertiary/aromatic N) is 4. The number of nitrogens with two attached hydrogens (primary N) is 1. The van der Waals surface area contributed by atoms with Crippen LogP contribution in [0.3, 0.4) is 0 Å². The van der Waals surface area contributed by atoms with Crippen molar-refractivity contribution >= 4 is 28.3 Å². The normalized spacial score (nSPS) is 17.3. The van der Waals surface area contributed by atoms with Crippen LogP contribution in [0.2, 0.25) is 0 Å². The lowest BCUT2D eigenvalue weighted by Gasteiger charge is -2.27. The van der Waals surface area contributed by atoms with Gasteiger partial charge in [0, 0.05) is 35.5 Å². The van der Waals surface area contributed by atoms with E-state index in [0.717, 1.165) is 48.0 Å². The van der Waals surface area contributed by atoms with Gasteiger partial charge in [-0.2, -0.15) is 0 Å². The van der Waals surface area contributed by atoms with Crippen molar-refractivity contribution in [3.8, 4) is 22.5 Å². The van der Waals surface area contributed by atoms with E-state index in [1.165, 1.54) is 12.1 Å². The molecule has 2 aromatic carbocycles. The van der Waals surface area contributed by atoms with Crippen LogP contribution < -0.4 is 16.4 Å². The zero-order valence-corrected chi connectivity index (χ0v) is 21.3. The third kappa shape index (κ3) is 4.05. The number of carbonyl (C=O) groups excluding carboxylic acids is 1. The molecule has 192 valence electrons. The highest BCUT2D eigenvalue weighted by Crippen LogP contribution is 2.35. The molecule has 9 heteroatoms. The molecule has 4 N–H and O–H groups in total. The molecule has 1 saturated heterocycles. The summed E-state index contributed by atoms with van der Waals surface area (Å²) in [4.78, 5) is 27.2. The number of anilines is 1. The molecule has 0 bridgehead atoms. The second-order valence-electron chi connectivity index (χ2n) is 9.90. The summed E-state index contributed by atoms with van der Waals surface area (Å²) in [7, 11) is 0. The summed E-state index contributed by atoms with van der Waals surface area (Å²) in [5, 5.41) is 7.52. The molecule has 0 saturated carbocycles. The largest absolute Gasteiger partial charge is 0.381 e. The lowest BCUT2D eigenvalue weighted by molar-refractivity contribution is 0.0899. The van der Waals surface area contributed by atoms with Crippen LogP contribution in [0.5, 0.6) is 0 Å². The number of aryl methyl sites for hydroxylation is 1. The number of rotatable bonds is 5. The topological polar surface area (TPSA) is 110 Å². The van der Waals surface area contributed by atoms with Gasteiger partial charge >= 0.3 is 0 Å². The van der Waals surface area contributed by atoms with Crippen LogP contribution in [-0.2, 0) is 0 Å². The molecule has 4 heterocycles. The molecule has 8 nitrogen and oxygen atoms in total. The van der Waals surface area contributed by atoms with Crippen molar-refractivity contribution in [2.75, 3.05) is 18.8 Å². The van der Waals surface area contributed by atoms with Crippen LogP contribution in [0.25, 0.3) is 39.1 Å². The van der Waals surface area contributed by atoms with E-state index in [1.807, 2.05) is 35.6 Å². The Morgan fingerprint density at radius 1 is 1.16 bits per heavy atom. The Bertz CT molecular complexity index is 1690. The smallest absolute Gasteiger partial charge is 0.271 e. The highest BCUT2D eigenvalue weighted by atomic mass is 19.1. The van der Waals surface area contributed by atoms with Crippen molar-refractivity contribution in [2.24, 2.45) is 0 Å². The van der Waals surface area contributed by atoms with Crippen LogP contribution in [0, 0.1) is 12.7 Å². The molecule has 1 unspecified atom stereocenters. The predicted molar refractivity (Wildman–Crippen MR) is 146 cm³/mol. The van der Waals surface area contributed by atoms with Crippen LogP contribution in [0.4, 0.5) is 10.2 Å². The number of aromatic nitrogens is 4. The fourth-order valence-electron chi connectivity index (χ4n) is 5.24. The maximum Gasteiger partial charge on any atom is 0.271 e. The second kappa shape index (κ2) is 9.18. The molecule has 0 spiro atoms. The number of nitrogen functional groups attached to an aromatic ring is 1. The van der Waals surface area contributed by atoms with Crippen LogP contribution in [0.1, 0.15) is 35.8 Å². The van der Waals surface area contributed by atoms with Crippen LogP contribution in [0.15, 0.2) is 60.9 Å². The van der Waals surface area contributed by atoms with E-state index in [1.54, 1.807) is 24.5 Å². The summed E-state index contributed by atoms with van der Waals surface area (Å²) in [5.41, 5.74) is 11.5. The average molecular weight is 510 g/mol. The monoisotopic (exact) mass is 509 g/mol. The third-order valence-electron chi connectivity index (χ3n) is 7.51. The molecule has 1 atom stereocenters. The predicted octanol–water partition coefficient (Wildman–Crippen LogP) is 4.51. The Balaban J connectivity index is 1.56. The summed E-state index contributed by atoms with van der Waals surface area (Å²) >= 11 is 0. The Kier molecular flexibility index (Phi) is 5.80. The molecule has 0 radical (unpaired) electrons. The van der Waals surface area contributed by atoms with E-state index in [0.29, 0.717) is 22.6 Å². The minimum Gasteiger partial charge on any atom is -0.381 e. The fraction of sp³-hybridized carbons (Fsp3) is 0.241. The standard InChI is InChI=1S/C29H28FN7O/c1-3-29(11-13-32-16-29)36-28(38)23-15-37-25(19-6-9-22-21(14-19)17(2)10-12-33-22)24(35-26(31)27(37)34-23)18-4-7-20(30)8-5-18/h4-10,12,14-15,32H,3,11,13,16H2,1-2H3,(H2,31,35)(H,36,38). The summed E-state index contributed by atoms with van der Waals surface area (Å²) in [6.45, 7) is 5.68. The maximum atomic E-state index is 13.8. The minimum atomic E-state index is -0.343. The van der Waals surface area contributed by atoms with Gasteiger partial charge in [-0.15, -0.1) is 0 Å². The van der Waals surface area contributed by atoms with Gasteiger partial charge in [0.1, 0.15) is 11.5 Å². The van der Waals surface area contributed by atoms with Gasteiger partial charge in [0.05, 0.1) is 22.4 Å². The molecule has 38 heavy (non-hydrogen) atoms. The van der Waals surface area contributed by atoms with E-state index in [4.69, 9.17) is 10.7 Å². The van der Waals surface area contributed by atoms with Gasteiger partial charge in [0.2, 0.25) is 0 Å². The molecule has 1 amide bonds. The molecular formula is C29H28FN7O. The number of nitrogens with one attached hydrogen (secondary N) is 2. The number of carbonyl (C=O) groups is 1. The highest BCUT2D eigenvalue weighted by Gasteiger charge is 2.34.